The van der Waals surface area contributed by atoms with Gasteiger partial charge in [0.05, 0.1) is 6.54 Å². The monoisotopic (exact) mass is 225 g/mol. The molecule has 1 aliphatic heterocycles. The Morgan fingerprint density at radius 2 is 2.20 bits per heavy atom. The van der Waals surface area contributed by atoms with Crippen LogP contribution in [0.4, 0.5) is 5.82 Å². The van der Waals surface area contributed by atoms with Crippen molar-refractivity contribution in [1.29, 1.82) is 0 Å². The van der Waals surface area contributed by atoms with Gasteiger partial charge >= 0.3 is 0 Å². The maximum absolute atomic E-state index is 11.5. The second-order valence-electron chi connectivity index (χ2n) is 3.56. The van der Waals surface area contributed by atoms with Crippen molar-refractivity contribution in [2.75, 3.05) is 31.6 Å². The minimum Gasteiger partial charge on any atom is -0.345 e. The smallest absolute Gasteiger partial charge is 0.241 e. The molecule has 0 unspecified atom stereocenters. The van der Waals surface area contributed by atoms with Gasteiger partial charge in [0.1, 0.15) is 11.0 Å². The van der Waals surface area contributed by atoms with Gasteiger partial charge in [-0.1, -0.05) is 17.7 Å². The molecule has 80 valence electrons. The lowest BCUT2D eigenvalue weighted by molar-refractivity contribution is -0.129. The lowest BCUT2D eigenvalue weighted by atomic mass is 10.3. The summed E-state index contributed by atoms with van der Waals surface area (Å²) < 4.78 is 0. The molecule has 0 aliphatic carbocycles. The number of anilines is 1. The van der Waals surface area contributed by atoms with Crippen molar-refractivity contribution in [2.45, 2.75) is 0 Å². The molecule has 4 nitrogen and oxygen atoms in total. The van der Waals surface area contributed by atoms with Gasteiger partial charge in [0.15, 0.2) is 0 Å². The predicted octanol–water partition coefficient (Wildman–Crippen LogP) is 1.01. The van der Waals surface area contributed by atoms with E-state index in [0.29, 0.717) is 11.7 Å². The van der Waals surface area contributed by atoms with E-state index in [4.69, 9.17) is 11.6 Å². The summed E-state index contributed by atoms with van der Waals surface area (Å²) in [7, 11) is 1.81. The average Bonchev–Trinajstić information content (AvgIpc) is 2.22. The Morgan fingerprint density at radius 3 is 2.87 bits per heavy atom. The average molecular weight is 226 g/mol. The minimum atomic E-state index is 0.114. The first-order valence-electron chi connectivity index (χ1n) is 4.78. The third-order valence-corrected chi connectivity index (χ3v) is 2.69. The first kappa shape index (κ1) is 10.2. The van der Waals surface area contributed by atoms with E-state index in [1.54, 1.807) is 11.0 Å². The second kappa shape index (κ2) is 4.06. The van der Waals surface area contributed by atoms with Crippen molar-refractivity contribution in [1.82, 2.24) is 9.88 Å². The van der Waals surface area contributed by atoms with Gasteiger partial charge in [-0.05, 0) is 12.1 Å². The summed E-state index contributed by atoms with van der Waals surface area (Å²) >= 11 is 5.80. The van der Waals surface area contributed by atoms with Crippen molar-refractivity contribution in [3.8, 4) is 0 Å². The molecule has 0 bridgehead atoms. The summed E-state index contributed by atoms with van der Waals surface area (Å²) in [6.45, 7) is 1.91. The Morgan fingerprint density at radius 1 is 1.40 bits per heavy atom. The molecule has 2 rings (SSSR count). The molecule has 0 radical (unpaired) electrons. The van der Waals surface area contributed by atoms with Gasteiger partial charge in [-0.2, -0.15) is 0 Å². The van der Waals surface area contributed by atoms with E-state index in [1.807, 2.05) is 24.1 Å². The molecule has 1 aromatic heterocycles. The minimum absolute atomic E-state index is 0.114. The van der Waals surface area contributed by atoms with Crippen LogP contribution >= 0.6 is 11.6 Å². The molecule has 0 saturated carbocycles. The lowest BCUT2D eigenvalue weighted by Gasteiger charge is -2.32. The van der Waals surface area contributed by atoms with E-state index < -0.39 is 0 Å². The highest BCUT2D eigenvalue weighted by atomic mass is 35.5. The highest BCUT2D eigenvalue weighted by molar-refractivity contribution is 6.29. The molecule has 2 heterocycles. The van der Waals surface area contributed by atoms with Crippen LogP contribution in [0.15, 0.2) is 18.2 Å². The number of nitrogens with zero attached hydrogens (tertiary/aromatic N) is 3. The second-order valence-corrected chi connectivity index (χ2v) is 3.94. The van der Waals surface area contributed by atoms with Crippen LogP contribution in [0.3, 0.4) is 0 Å². The van der Waals surface area contributed by atoms with Crippen LogP contribution in [0.5, 0.6) is 0 Å². The third kappa shape index (κ3) is 2.21. The summed E-state index contributed by atoms with van der Waals surface area (Å²) in [4.78, 5) is 19.3. The van der Waals surface area contributed by atoms with Gasteiger partial charge in [0.25, 0.3) is 0 Å². The van der Waals surface area contributed by atoms with Gasteiger partial charge in [0.2, 0.25) is 5.91 Å². The van der Waals surface area contributed by atoms with E-state index in [2.05, 4.69) is 4.98 Å². The SMILES string of the molecule is CN1CCN(c2cccc(Cl)n2)CC1=O. The van der Waals surface area contributed by atoms with Crippen molar-refractivity contribution in [3.63, 3.8) is 0 Å². The van der Waals surface area contributed by atoms with E-state index in [-0.39, 0.29) is 5.91 Å². The molecule has 0 aromatic carbocycles. The predicted molar refractivity (Wildman–Crippen MR) is 59.1 cm³/mol. The van der Waals surface area contributed by atoms with E-state index in [1.165, 1.54) is 0 Å². The number of carbonyl (C=O) groups excluding carboxylic acids is 1. The summed E-state index contributed by atoms with van der Waals surface area (Å²) in [5.41, 5.74) is 0. The number of likely N-dealkylation sites (N-methyl/N-ethyl adjacent to an activating group) is 1. The maximum Gasteiger partial charge on any atom is 0.241 e. The summed E-state index contributed by atoms with van der Waals surface area (Å²) in [5.74, 6) is 0.881. The van der Waals surface area contributed by atoms with Crippen LogP contribution in [-0.2, 0) is 4.79 Å². The fraction of sp³-hybridized carbons (Fsp3) is 0.400. The first-order valence-corrected chi connectivity index (χ1v) is 5.16. The van der Waals surface area contributed by atoms with E-state index >= 15 is 0 Å². The number of aromatic nitrogens is 1. The zero-order chi connectivity index (χ0) is 10.8. The van der Waals surface area contributed by atoms with E-state index in [9.17, 15) is 4.79 Å². The lowest BCUT2D eigenvalue weighted by Crippen LogP contribution is -2.48. The Bertz CT molecular complexity index is 383. The summed E-state index contributed by atoms with van der Waals surface area (Å²) in [6, 6.07) is 5.43. The maximum atomic E-state index is 11.5. The van der Waals surface area contributed by atoms with Gasteiger partial charge in [-0.15, -0.1) is 0 Å². The number of amides is 1. The molecule has 15 heavy (non-hydrogen) atoms. The number of hydrogen-bond donors (Lipinski definition) is 0. The van der Waals surface area contributed by atoms with Crippen molar-refractivity contribution >= 4 is 23.3 Å². The van der Waals surface area contributed by atoms with Crippen LogP contribution in [0.1, 0.15) is 0 Å². The highest BCUT2D eigenvalue weighted by Crippen LogP contribution is 2.16. The van der Waals surface area contributed by atoms with Gasteiger partial charge < -0.3 is 9.80 Å². The zero-order valence-corrected chi connectivity index (χ0v) is 9.24. The number of carbonyl (C=O) groups is 1. The van der Waals surface area contributed by atoms with Crippen molar-refractivity contribution in [3.05, 3.63) is 23.4 Å². The summed E-state index contributed by atoms with van der Waals surface area (Å²) in [6.07, 6.45) is 0. The molecule has 1 saturated heterocycles. The molecule has 0 atom stereocenters. The Balaban J connectivity index is 2.15. The third-order valence-electron chi connectivity index (χ3n) is 2.48. The quantitative estimate of drug-likeness (QED) is 0.670. The Hall–Kier alpha value is -1.29. The van der Waals surface area contributed by atoms with Crippen molar-refractivity contribution < 1.29 is 4.79 Å². The van der Waals surface area contributed by atoms with Gasteiger partial charge in [-0.3, -0.25) is 4.79 Å². The largest absolute Gasteiger partial charge is 0.345 e. The summed E-state index contributed by atoms with van der Waals surface area (Å²) in [5, 5.41) is 0.457. The number of pyridine rings is 1. The van der Waals surface area contributed by atoms with Crippen molar-refractivity contribution in [2.24, 2.45) is 0 Å². The highest BCUT2D eigenvalue weighted by Gasteiger charge is 2.21. The molecule has 0 N–H and O–H groups in total. The van der Waals surface area contributed by atoms with Crippen LogP contribution in [0.2, 0.25) is 5.15 Å². The molecular formula is C10H12ClN3O. The normalized spacial score (nSPS) is 17.1. The Labute approximate surface area is 93.5 Å². The topological polar surface area (TPSA) is 36.4 Å². The fourth-order valence-electron chi connectivity index (χ4n) is 1.53. The van der Waals surface area contributed by atoms with Gasteiger partial charge in [0, 0.05) is 20.1 Å². The zero-order valence-electron chi connectivity index (χ0n) is 8.48. The molecule has 0 spiro atoms. The number of rotatable bonds is 1. The standard InChI is InChI=1S/C10H12ClN3O/c1-13-5-6-14(7-10(13)15)9-4-2-3-8(11)12-9/h2-4H,5-7H2,1H3. The molecule has 1 fully saturated rings. The fourth-order valence-corrected chi connectivity index (χ4v) is 1.69. The number of hydrogen-bond acceptors (Lipinski definition) is 3. The number of halogens is 1. The van der Waals surface area contributed by atoms with Crippen LogP contribution in [0.25, 0.3) is 0 Å². The van der Waals surface area contributed by atoms with Crippen LogP contribution in [-0.4, -0.2) is 42.5 Å². The van der Waals surface area contributed by atoms with Crippen LogP contribution < -0.4 is 4.90 Å². The van der Waals surface area contributed by atoms with E-state index in [0.717, 1.165) is 18.9 Å². The molecule has 1 aliphatic rings. The molecular weight excluding hydrogens is 214 g/mol. The Kier molecular flexibility index (Phi) is 2.77. The van der Waals surface area contributed by atoms with Gasteiger partial charge in [-0.25, -0.2) is 4.98 Å². The molecule has 5 heteroatoms. The molecule has 1 amide bonds. The number of piperazine rings is 1. The first-order chi connectivity index (χ1) is 7.16. The molecule has 1 aromatic rings. The van der Waals surface area contributed by atoms with Crippen LogP contribution in [0, 0.1) is 0 Å².